The standard InChI is InChI=1S/C79H150O17P2/c1-7-10-12-14-16-18-20-22-24-26-30-34-38-42-49-55-61-76(81)89-67-74(95-78(83)63-58-52-44-40-36-32-28-27-29-33-37-41-48-54-60-72(6)9-3)69-93-97(85,86)91-65-73(80)66-92-98(87,88)94-70-75(68-90-77(82)62-56-50-46-45-47-53-59-71(4)5)96-79(84)64-57-51-43-39-35-31-25-23-21-19-17-15-13-11-8-2/h19,21,23,25,71-75,80H,7-18,20,22,24,26-70H2,1-6H3,(H,85,86)(H,87,88)/b21-19-,25-23-/t72?,73-,74-,75-/m1/s1. The van der Waals surface area contributed by atoms with Gasteiger partial charge in [-0.2, -0.15) is 0 Å². The Labute approximate surface area is 599 Å². The number of aliphatic hydroxyl groups excluding tert-OH is 1. The Morgan fingerprint density at radius 2 is 0.602 bits per heavy atom. The predicted octanol–water partition coefficient (Wildman–Crippen LogP) is 23.1. The summed E-state index contributed by atoms with van der Waals surface area (Å²) >= 11 is 0. The first-order valence-corrected chi connectivity index (χ1v) is 43.3. The van der Waals surface area contributed by atoms with Crippen molar-refractivity contribution in [3.05, 3.63) is 24.3 Å². The molecule has 0 amide bonds. The van der Waals surface area contributed by atoms with E-state index in [0.717, 1.165) is 115 Å². The second-order valence-electron chi connectivity index (χ2n) is 28.5. The molecule has 0 fully saturated rings. The maximum atomic E-state index is 13.1. The molecule has 0 aliphatic carbocycles. The van der Waals surface area contributed by atoms with E-state index in [0.29, 0.717) is 31.6 Å². The second kappa shape index (κ2) is 70.2. The van der Waals surface area contributed by atoms with Crippen LogP contribution in [0, 0.1) is 11.8 Å². The Morgan fingerprint density at radius 1 is 0.337 bits per heavy atom. The van der Waals surface area contributed by atoms with E-state index in [4.69, 9.17) is 37.0 Å². The summed E-state index contributed by atoms with van der Waals surface area (Å²) in [4.78, 5) is 72.9. The minimum Gasteiger partial charge on any atom is -0.462 e. The molecule has 0 saturated carbocycles. The monoisotopic (exact) mass is 1430 g/mol. The zero-order valence-electron chi connectivity index (χ0n) is 63.6. The van der Waals surface area contributed by atoms with Gasteiger partial charge in [0, 0.05) is 25.7 Å². The first-order valence-electron chi connectivity index (χ1n) is 40.3. The first kappa shape index (κ1) is 95.5. The van der Waals surface area contributed by atoms with E-state index in [-0.39, 0.29) is 25.7 Å². The molecule has 3 unspecified atom stereocenters. The number of unbranched alkanes of at least 4 members (excludes halogenated alkanes) is 42. The molecule has 0 aromatic heterocycles. The summed E-state index contributed by atoms with van der Waals surface area (Å²) in [6.07, 6.45) is 61.9. The molecular weight excluding hydrogens is 1280 g/mol. The maximum absolute atomic E-state index is 13.1. The molecule has 19 heteroatoms. The van der Waals surface area contributed by atoms with Crippen LogP contribution in [-0.4, -0.2) is 96.7 Å². The van der Waals surface area contributed by atoms with Crippen LogP contribution in [0.15, 0.2) is 24.3 Å². The zero-order valence-corrected chi connectivity index (χ0v) is 65.4. The highest BCUT2D eigenvalue weighted by atomic mass is 31.2. The van der Waals surface area contributed by atoms with Crippen molar-refractivity contribution in [3.8, 4) is 0 Å². The van der Waals surface area contributed by atoms with E-state index in [2.05, 4.69) is 65.8 Å². The molecule has 0 aliphatic heterocycles. The summed E-state index contributed by atoms with van der Waals surface area (Å²) in [6, 6.07) is 0. The molecule has 0 aromatic carbocycles. The normalized spacial score (nSPS) is 14.4. The number of rotatable bonds is 76. The average molecular weight is 1430 g/mol. The number of carbonyl (C=O) groups excluding carboxylic acids is 4. The van der Waals surface area contributed by atoms with E-state index < -0.39 is 97.5 Å². The molecule has 3 N–H and O–H groups in total. The van der Waals surface area contributed by atoms with Crippen molar-refractivity contribution in [2.75, 3.05) is 39.6 Å². The fourth-order valence-electron chi connectivity index (χ4n) is 11.6. The highest BCUT2D eigenvalue weighted by Crippen LogP contribution is 2.45. The first-order chi connectivity index (χ1) is 47.4. The van der Waals surface area contributed by atoms with Crippen molar-refractivity contribution in [3.63, 3.8) is 0 Å². The van der Waals surface area contributed by atoms with Crippen molar-refractivity contribution in [1.82, 2.24) is 0 Å². The fraction of sp³-hybridized carbons (Fsp3) is 0.899. The largest absolute Gasteiger partial charge is 0.472 e. The van der Waals surface area contributed by atoms with Gasteiger partial charge >= 0.3 is 39.5 Å². The second-order valence-corrected chi connectivity index (χ2v) is 31.4. The fourth-order valence-corrected chi connectivity index (χ4v) is 13.2. The van der Waals surface area contributed by atoms with E-state index in [1.807, 2.05) is 0 Å². The maximum Gasteiger partial charge on any atom is 0.472 e. The van der Waals surface area contributed by atoms with Gasteiger partial charge in [0.2, 0.25) is 0 Å². The molecule has 17 nitrogen and oxygen atoms in total. The van der Waals surface area contributed by atoms with Crippen LogP contribution in [0.5, 0.6) is 0 Å². The Hall–Kier alpha value is -2.46. The van der Waals surface area contributed by atoms with E-state index >= 15 is 0 Å². The molecular formula is C79H150O17P2. The lowest BCUT2D eigenvalue weighted by molar-refractivity contribution is -0.161. The van der Waals surface area contributed by atoms with Crippen LogP contribution in [-0.2, 0) is 65.4 Å². The third-order valence-electron chi connectivity index (χ3n) is 18.2. The zero-order chi connectivity index (χ0) is 72.1. The summed E-state index contributed by atoms with van der Waals surface area (Å²) in [7, 11) is -9.93. The van der Waals surface area contributed by atoms with Crippen molar-refractivity contribution in [1.29, 1.82) is 0 Å². The SMILES string of the molecule is CCCCCC/C=C\C=C/CCCCCCCC(=O)O[C@H](COC(=O)CCCCCCCCC(C)C)COP(=O)(O)OC[C@H](O)COP(=O)(O)OC[C@@H](COC(=O)CCCCCCCCCCCCCCCCCC)OC(=O)CCCCCCCCCCCCCCCCC(C)CC. The van der Waals surface area contributed by atoms with Gasteiger partial charge in [0.1, 0.15) is 19.3 Å². The van der Waals surface area contributed by atoms with Crippen molar-refractivity contribution < 1.29 is 80.2 Å². The van der Waals surface area contributed by atoms with Gasteiger partial charge in [-0.3, -0.25) is 37.3 Å². The molecule has 0 aromatic rings. The van der Waals surface area contributed by atoms with Crippen molar-refractivity contribution in [2.24, 2.45) is 11.8 Å². The van der Waals surface area contributed by atoms with Crippen LogP contribution in [0.4, 0.5) is 0 Å². The molecule has 0 saturated heterocycles. The number of carbonyl (C=O) groups is 4. The van der Waals surface area contributed by atoms with Gasteiger partial charge in [0.05, 0.1) is 26.4 Å². The van der Waals surface area contributed by atoms with E-state index in [1.54, 1.807) is 0 Å². The summed E-state index contributed by atoms with van der Waals surface area (Å²) in [5, 5.41) is 10.6. The third-order valence-corrected chi connectivity index (χ3v) is 20.1. The van der Waals surface area contributed by atoms with Gasteiger partial charge in [0.25, 0.3) is 0 Å². The number of aliphatic hydroxyl groups is 1. The summed E-state index contributed by atoms with van der Waals surface area (Å²) in [5.41, 5.74) is 0. The van der Waals surface area contributed by atoms with E-state index in [9.17, 15) is 43.2 Å². The topological polar surface area (TPSA) is 237 Å². The van der Waals surface area contributed by atoms with Crippen molar-refractivity contribution >= 4 is 39.5 Å². The summed E-state index contributed by atoms with van der Waals surface area (Å²) in [5.74, 6) is -0.623. The Bertz CT molecular complexity index is 1990. The van der Waals surface area contributed by atoms with Crippen LogP contribution in [0.3, 0.4) is 0 Å². The number of hydrogen-bond acceptors (Lipinski definition) is 15. The van der Waals surface area contributed by atoms with Crippen LogP contribution in [0.1, 0.15) is 388 Å². The van der Waals surface area contributed by atoms with E-state index in [1.165, 1.54) is 186 Å². The van der Waals surface area contributed by atoms with Crippen LogP contribution < -0.4 is 0 Å². The van der Waals surface area contributed by atoms with Gasteiger partial charge in [-0.1, -0.05) is 336 Å². The van der Waals surface area contributed by atoms with Gasteiger partial charge in [-0.05, 0) is 63.2 Å². The molecule has 0 aliphatic rings. The Balaban J connectivity index is 5.27. The van der Waals surface area contributed by atoms with Gasteiger partial charge in [-0.15, -0.1) is 0 Å². The molecule has 578 valence electrons. The minimum absolute atomic E-state index is 0.0841. The third kappa shape index (κ3) is 70.6. The molecule has 98 heavy (non-hydrogen) atoms. The summed E-state index contributed by atoms with van der Waals surface area (Å²) < 4.78 is 68.6. The number of phosphoric ester groups is 2. The number of phosphoric acid groups is 2. The van der Waals surface area contributed by atoms with Crippen molar-refractivity contribution in [2.45, 2.75) is 407 Å². The molecule has 6 atom stereocenters. The molecule has 0 rings (SSSR count). The number of hydrogen-bond donors (Lipinski definition) is 3. The lowest BCUT2D eigenvalue weighted by Crippen LogP contribution is -2.30. The number of allylic oxidation sites excluding steroid dienone is 4. The molecule has 0 spiro atoms. The van der Waals surface area contributed by atoms with Crippen LogP contribution in [0.2, 0.25) is 0 Å². The number of ether oxygens (including phenoxy) is 4. The molecule has 0 heterocycles. The summed E-state index contributed by atoms with van der Waals surface area (Å²) in [6.45, 7) is 9.52. The smallest absolute Gasteiger partial charge is 0.462 e. The average Bonchev–Trinajstić information content (AvgIpc) is 0.995. The minimum atomic E-state index is -4.96. The quantitative estimate of drug-likeness (QED) is 0.0169. The lowest BCUT2D eigenvalue weighted by Gasteiger charge is -2.21. The van der Waals surface area contributed by atoms with Gasteiger partial charge in [0.15, 0.2) is 12.2 Å². The highest BCUT2D eigenvalue weighted by molar-refractivity contribution is 7.47. The Kier molecular flexibility index (Phi) is 68.5. The molecule has 0 bridgehead atoms. The Morgan fingerprint density at radius 3 is 0.918 bits per heavy atom. The van der Waals surface area contributed by atoms with Crippen LogP contribution in [0.25, 0.3) is 0 Å². The van der Waals surface area contributed by atoms with Gasteiger partial charge < -0.3 is 33.8 Å². The lowest BCUT2D eigenvalue weighted by atomic mass is 9.99. The van der Waals surface area contributed by atoms with Gasteiger partial charge in [-0.25, -0.2) is 9.13 Å². The predicted molar refractivity (Wildman–Crippen MR) is 400 cm³/mol. The molecule has 0 radical (unpaired) electrons. The number of esters is 4. The van der Waals surface area contributed by atoms with Crippen LogP contribution >= 0.6 is 15.6 Å². The highest BCUT2D eigenvalue weighted by Gasteiger charge is 2.30.